The van der Waals surface area contributed by atoms with Crippen LogP contribution in [0.4, 0.5) is 10.5 Å². The molecule has 0 unspecified atom stereocenters. The molecule has 0 spiro atoms. The number of nitrogens with two attached hydrogens (primary N) is 1. The van der Waals surface area contributed by atoms with Crippen molar-refractivity contribution < 1.29 is 33.4 Å². The summed E-state index contributed by atoms with van der Waals surface area (Å²) < 4.78 is 15.9. The van der Waals surface area contributed by atoms with Gasteiger partial charge in [0.15, 0.2) is 18.1 Å². The van der Waals surface area contributed by atoms with Crippen molar-refractivity contribution in [2.45, 2.75) is 6.92 Å². The van der Waals surface area contributed by atoms with Gasteiger partial charge in [0.2, 0.25) is 0 Å². The molecule has 0 atom stereocenters. The number of anilines is 1. The van der Waals surface area contributed by atoms with Crippen molar-refractivity contribution in [3.8, 4) is 17.2 Å². The maximum absolute atomic E-state index is 13.0. The molecule has 0 aromatic heterocycles. The first-order chi connectivity index (χ1) is 15.3. The van der Waals surface area contributed by atoms with E-state index >= 15 is 0 Å². The summed E-state index contributed by atoms with van der Waals surface area (Å²) >= 11 is 0. The molecule has 1 heterocycles. The van der Waals surface area contributed by atoms with Crippen LogP contribution in [0.1, 0.15) is 12.5 Å². The molecule has 10 heteroatoms. The molecule has 3 N–H and O–H groups in total. The Labute approximate surface area is 183 Å². The maximum atomic E-state index is 13.0. The topological polar surface area (TPSA) is 137 Å². The third-order valence-corrected chi connectivity index (χ3v) is 4.38. The number of nitrogens with zero attached hydrogens (tertiary/aromatic N) is 1. The van der Waals surface area contributed by atoms with E-state index in [9.17, 15) is 19.2 Å². The van der Waals surface area contributed by atoms with Crippen LogP contribution in [-0.2, 0) is 14.4 Å². The fourth-order valence-electron chi connectivity index (χ4n) is 2.96. The minimum Gasteiger partial charge on any atom is -0.494 e. The highest BCUT2D eigenvalue weighted by Gasteiger charge is 2.36. The van der Waals surface area contributed by atoms with Crippen LogP contribution in [0.2, 0.25) is 0 Å². The first-order valence-corrected chi connectivity index (χ1v) is 9.57. The van der Waals surface area contributed by atoms with Gasteiger partial charge in [-0.2, -0.15) is 0 Å². The standard InChI is InChI=1S/C22H21N3O7/c1-3-31-15-7-5-14(6-8-15)25-21(28)16(20(27)24-22(25)29)10-13-4-9-17(18(11-13)30-2)32-12-19(23)26/h4-11H,3,12H2,1-2H3,(H2,23,26)(H,24,27,29)/b16-10+. The Morgan fingerprint density at radius 1 is 1.06 bits per heavy atom. The fourth-order valence-corrected chi connectivity index (χ4v) is 2.96. The van der Waals surface area contributed by atoms with E-state index in [0.29, 0.717) is 17.9 Å². The molecule has 32 heavy (non-hydrogen) atoms. The van der Waals surface area contributed by atoms with Gasteiger partial charge >= 0.3 is 6.03 Å². The zero-order valence-corrected chi connectivity index (χ0v) is 17.4. The van der Waals surface area contributed by atoms with Crippen LogP contribution in [0, 0.1) is 0 Å². The molecule has 0 saturated carbocycles. The summed E-state index contributed by atoms with van der Waals surface area (Å²) in [5.74, 6) is -1.14. The van der Waals surface area contributed by atoms with Crippen molar-refractivity contribution in [3.05, 3.63) is 53.6 Å². The third-order valence-electron chi connectivity index (χ3n) is 4.38. The Morgan fingerprint density at radius 3 is 2.41 bits per heavy atom. The van der Waals surface area contributed by atoms with Crippen molar-refractivity contribution in [2.24, 2.45) is 5.73 Å². The highest BCUT2D eigenvalue weighted by molar-refractivity contribution is 6.39. The van der Waals surface area contributed by atoms with Crippen LogP contribution in [0.5, 0.6) is 17.2 Å². The van der Waals surface area contributed by atoms with Gasteiger partial charge in [-0.1, -0.05) is 6.07 Å². The van der Waals surface area contributed by atoms with Crippen LogP contribution < -0.4 is 30.2 Å². The Hall–Kier alpha value is -4.34. The molecule has 166 valence electrons. The van der Waals surface area contributed by atoms with E-state index in [1.54, 1.807) is 30.3 Å². The van der Waals surface area contributed by atoms with Crippen molar-refractivity contribution in [1.82, 2.24) is 5.32 Å². The smallest absolute Gasteiger partial charge is 0.335 e. The van der Waals surface area contributed by atoms with Crippen LogP contribution in [0.15, 0.2) is 48.0 Å². The summed E-state index contributed by atoms with van der Waals surface area (Å²) in [6.07, 6.45) is 1.33. The van der Waals surface area contributed by atoms with Crippen molar-refractivity contribution >= 4 is 35.5 Å². The number of amides is 5. The lowest BCUT2D eigenvalue weighted by Crippen LogP contribution is -2.54. The average molecular weight is 439 g/mol. The number of primary amides is 1. The molecule has 0 bridgehead atoms. The molecule has 2 aromatic rings. The van der Waals surface area contributed by atoms with E-state index in [-0.39, 0.29) is 29.4 Å². The van der Waals surface area contributed by atoms with E-state index < -0.39 is 23.8 Å². The number of carbonyl (C=O) groups excluding carboxylic acids is 4. The summed E-state index contributed by atoms with van der Waals surface area (Å²) in [4.78, 5) is 49.5. The number of hydrogen-bond acceptors (Lipinski definition) is 7. The highest BCUT2D eigenvalue weighted by atomic mass is 16.5. The minimum absolute atomic E-state index is 0.244. The number of benzene rings is 2. The Balaban J connectivity index is 1.90. The number of hydrogen-bond donors (Lipinski definition) is 2. The van der Waals surface area contributed by atoms with Crippen molar-refractivity contribution in [1.29, 1.82) is 0 Å². The Bertz CT molecular complexity index is 1090. The van der Waals surface area contributed by atoms with Gasteiger partial charge in [0.1, 0.15) is 11.3 Å². The monoisotopic (exact) mass is 439 g/mol. The van der Waals surface area contributed by atoms with Gasteiger partial charge in [0.05, 0.1) is 19.4 Å². The molecule has 1 saturated heterocycles. The number of carbonyl (C=O) groups is 4. The molecule has 1 fully saturated rings. The van der Waals surface area contributed by atoms with Gasteiger partial charge < -0.3 is 19.9 Å². The van der Waals surface area contributed by atoms with Crippen LogP contribution in [0.3, 0.4) is 0 Å². The summed E-state index contributed by atoms with van der Waals surface area (Å²) in [6, 6.07) is 10.1. The summed E-state index contributed by atoms with van der Waals surface area (Å²) in [5.41, 5.74) is 5.55. The maximum Gasteiger partial charge on any atom is 0.335 e. The minimum atomic E-state index is -0.853. The van der Waals surface area contributed by atoms with Gasteiger partial charge in [-0.3, -0.25) is 19.7 Å². The lowest BCUT2D eigenvalue weighted by Gasteiger charge is -2.26. The van der Waals surface area contributed by atoms with E-state index in [4.69, 9.17) is 19.9 Å². The molecule has 3 rings (SSSR count). The fraction of sp³-hybridized carbons (Fsp3) is 0.182. The second kappa shape index (κ2) is 9.65. The first-order valence-electron chi connectivity index (χ1n) is 9.57. The predicted molar refractivity (Wildman–Crippen MR) is 114 cm³/mol. The van der Waals surface area contributed by atoms with Gasteiger partial charge in [-0.15, -0.1) is 0 Å². The second-order valence-corrected chi connectivity index (χ2v) is 6.55. The third kappa shape index (κ3) is 4.86. The molecule has 5 amide bonds. The van der Waals surface area contributed by atoms with Gasteiger partial charge in [0.25, 0.3) is 17.7 Å². The van der Waals surface area contributed by atoms with Crippen molar-refractivity contribution in [3.63, 3.8) is 0 Å². The molecule has 1 aliphatic heterocycles. The quantitative estimate of drug-likeness (QED) is 0.471. The molecule has 10 nitrogen and oxygen atoms in total. The average Bonchev–Trinajstić information content (AvgIpc) is 2.76. The number of imide groups is 2. The number of methoxy groups -OCH3 is 1. The zero-order valence-electron chi connectivity index (χ0n) is 17.4. The van der Waals surface area contributed by atoms with Crippen LogP contribution >= 0.6 is 0 Å². The van der Waals surface area contributed by atoms with E-state index in [1.807, 2.05) is 6.92 Å². The Kier molecular flexibility index (Phi) is 6.74. The van der Waals surface area contributed by atoms with E-state index in [0.717, 1.165) is 4.90 Å². The highest BCUT2D eigenvalue weighted by Crippen LogP contribution is 2.30. The predicted octanol–water partition coefficient (Wildman–Crippen LogP) is 1.62. The first kappa shape index (κ1) is 22.3. The second-order valence-electron chi connectivity index (χ2n) is 6.55. The normalized spacial score (nSPS) is 14.9. The summed E-state index contributed by atoms with van der Waals surface area (Å²) in [7, 11) is 1.40. The van der Waals surface area contributed by atoms with E-state index in [1.165, 1.54) is 25.3 Å². The number of barbiturate groups is 1. The van der Waals surface area contributed by atoms with Gasteiger partial charge in [0, 0.05) is 0 Å². The number of ether oxygens (including phenoxy) is 3. The molecule has 0 radical (unpaired) electrons. The molecular formula is C22H21N3O7. The summed E-state index contributed by atoms with van der Waals surface area (Å²) in [5, 5.41) is 2.16. The molecule has 0 aliphatic carbocycles. The SMILES string of the molecule is CCOc1ccc(N2C(=O)NC(=O)/C(=C\c3ccc(OCC(N)=O)c(OC)c3)C2=O)cc1. The van der Waals surface area contributed by atoms with Crippen LogP contribution in [-0.4, -0.2) is 44.1 Å². The van der Waals surface area contributed by atoms with Crippen LogP contribution in [0.25, 0.3) is 6.08 Å². The molecule has 2 aromatic carbocycles. The number of nitrogens with one attached hydrogen (secondary N) is 1. The molecular weight excluding hydrogens is 418 g/mol. The van der Waals surface area contributed by atoms with Gasteiger partial charge in [-0.05, 0) is 55.0 Å². The van der Waals surface area contributed by atoms with E-state index in [2.05, 4.69) is 5.32 Å². The lowest BCUT2D eigenvalue weighted by atomic mass is 10.1. The number of rotatable bonds is 8. The Morgan fingerprint density at radius 2 is 1.78 bits per heavy atom. The zero-order chi connectivity index (χ0) is 23.3. The lowest BCUT2D eigenvalue weighted by molar-refractivity contribution is -0.123. The van der Waals surface area contributed by atoms with Crippen molar-refractivity contribution in [2.75, 3.05) is 25.2 Å². The largest absolute Gasteiger partial charge is 0.494 e. The molecule has 1 aliphatic rings. The summed E-state index contributed by atoms with van der Waals surface area (Å²) in [6.45, 7) is 1.97. The number of urea groups is 1. The van der Waals surface area contributed by atoms with Gasteiger partial charge in [-0.25, -0.2) is 9.69 Å².